The number of hydrogen-bond acceptors (Lipinski definition) is 6. The molecule has 140 valence electrons. The number of carbonyl (C=O) groups is 1. The van der Waals surface area contributed by atoms with Gasteiger partial charge in [0.2, 0.25) is 23.6 Å². The molecular weight excluding hydrogens is 348 g/mol. The number of rotatable bonds is 6. The van der Waals surface area contributed by atoms with Gasteiger partial charge in [-0.05, 0) is 31.0 Å². The molecule has 0 radical (unpaired) electrons. The summed E-state index contributed by atoms with van der Waals surface area (Å²) in [6.45, 7) is 0. The molecule has 8 nitrogen and oxygen atoms in total. The van der Waals surface area contributed by atoms with Gasteiger partial charge in [-0.25, -0.2) is 4.98 Å². The quantitative estimate of drug-likeness (QED) is 0.694. The molecule has 0 unspecified atom stereocenters. The Morgan fingerprint density at radius 3 is 2.48 bits per heavy atom. The zero-order chi connectivity index (χ0) is 19.0. The molecule has 1 saturated carbocycles. The molecule has 1 aromatic carbocycles. The Kier molecular flexibility index (Phi) is 4.31. The number of anilines is 1. The zero-order valence-electron chi connectivity index (χ0n) is 15.3. The van der Waals surface area contributed by atoms with Gasteiger partial charge in [0.25, 0.3) is 0 Å². The Morgan fingerprint density at radius 1 is 1.04 bits per heavy atom. The van der Waals surface area contributed by atoms with E-state index in [-0.39, 0.29) is 11.8 Å². The van der Waals surface area contributed by atoms with Crippen LogP contribution in [0.2, 0.25) is 0 Å². The molecule has 4 rings (SSSR count). The highest BCUT2D eigenvalue weighted by molar-refractivity contribution is 6.00. The second kappa shape index (κ2) is 6.79. The number of aromatic nitrogens is 3. The van der Waals surface area contributed by atoms with Crippen LogP contribution in [0.25, 0.3) is 22.2 Å². The Morgan fingerprint density at radius 2 is 1.81 bits per heavy atom. The van der Waals surface area contributed by atoms with Crippen LogP contribution in [0.15, 0.2) is 24.3 Å². The van der Waals surface area contributed by atoms with Crippen molar-refractivity contribution in [1.29, 1.82) is 0 Å². The van der Waals surface area contributed by atoms with Crippen molar-refractivity contribution in [2.75, 3.05) is 26.6 Å². The van der Waals surface area contributed by atoms with Gasteiger partial charge in [0, 0.05) is 23.1 Å². The normalized spacial score (nSPS) is 13.4. The SMILES string of the molecule is COc1ccc(-c2ccc(OC)c3[nH]c(NC(=O)C4CC4)nc23)c(OC)n1. The molecule has 0 spiro atoms. The van der Waals surface area contributed by atoms with E-state index in [1.165, 1.54) is 0 Å². The molecule has 0 bridgehead atoms. The summed E-state index contributed by atoms with van der Waals surface area (Å²) in [5.74, 6) is 1.98. The molecule has 8 heteroatoms. The fourth-order valence-electron chi connectivity index (χ4n) is 2.98. The molecule has 27 heavy (non-hydrogen) atoms. The first kappa shape index (κ1) is 17.1. The monoisotopic (exact) mass is 368 g/mol. The van der Waals surface area contributed by atoms with Crippen LogP contribution >= 0.6 is 0 Å². The van der Waals surface area contributed by atoms with E-state index in [0.29, 0.717) is 34.5 Å². The first-order valence-electron chi connectivity index (χ1n) is 8.61. The molecule has 0 saturated heterocycles. The predicted octanol–water partition coefficient (Wildman–Crippen LogP) is 3.00. The van der Waals surface area contributed by atoms with Gasteiger partial charge in [0.1, 0.15) is 16.8 Å². The maximum Gasteiger partial charge on any atom is 0.229 e. The van der Waals surface area contributed by atoms with Crippen LogP contribution in [0.3, 0.4) is 0 Å². The third kappa shape index (κ3) is 3.14. The van der Waals surface area contributed by atoms with Crippen LogP contribution in [0, 0.1) is 5.92 Å². The largest absolute Gasteiger partial charge is 0.494 e. The molecule has 2 N–H and O–H groups in total. The number of aromatic amines is 1. The lowest BCUT2D eigenvalue weighted by Crippen LogP contribution is -2.14. The molecule has 1 aliphatic carbocycles. The number of imidazole rings is 1. The van der Waals surface area contributed by atoms with Crippen molar-refractivity contribution in [2.24, 2.45) is 5.92 Å². The average Bonchev–Trinajstić information content (AvgIpc) is 3.47. The predicted molar refractivity (Wildman–Crippen MR) is 100 cm³/mol. The number of nitrogens with zero attached hydrogens (tertiary/aromatic N) is 2. The second-order valence-corrected chi connectivity index (χ2v) is 6.30. The van der Waals surface area contributed by atoms with Crippen LogP contribution in [0.5, 0.6) is 17.5 Å². The highest BCUT2D eigenvalue weighted by Gasteiger charge is 2.30. The summed E-state index contributed by atoms with van der Waals surface area (Å²) in [6, 6.07) is 7.35. The lowest BCUT2D eigenvalue weighted by atomic mass is 10.0. The van der Waals surface area contributed by atoms with E-state index in [0.717, 1.165) is 24.0 Å². The van der Waals surface area contributed by atoms with Crippen molar-refractivity contribution in [3.05, 3.63) is 24.3 Å². The van der Waals surface area contributed by atoms with Crippen LogP contribution in [0.1, 0.15) is 12.8 Å². The standard InChI is InChI=1S/C19H20N4O4/c1-25-13-8-6-11(12-7-9-14(26-2)20-18(12)27-3)15-16(13)22-19(21-15)23-17(24)10-4-5-10/h6-10H,4-5H2,1-3H3,(H2,21,22,23,24). The topological polar surface area (TPSA) is 98.4 Å². The van der Waals surface area contributed by atoms with E-state index < -0.39 is 0 Å². The first-order valence-corrected chi connectivity index (χ1v) is 8.61. The number of pyridine rings is 1. The maximum atomic E-state index is 12.1. The number of amides is 1. The third-order valence-electron chi connectivity index (χ3n) is 4.54. The molecule has 0 atom stereocenters. The molecule has 3 aromatic rings. The number of hydrogen-bond donors (Lipinski definition) is 2. The van der Waals surface area contributed by atoms with Gasteiger partial charge < -0.3 is 19.2 Å². The van der Waals surface area contributed by atoms with Gasteiger partial charge in [-0.15, -0.1) is 0 Å². The minimum atomic E-state index is -0.0155. The molecule has 2 aromatic heterocycles. The van der Waals surface area contributed by atoms with Crippen molar-refractivity contribution in [2.45, 2.75) is 12.8 Å². The summed E-state index contributed by atoms with van der Waals surface area (Å²) >= 11 is 0. The molecule has 1 fully saturated rings. The number of fused-ring (bicyclic) bond motifs is 1. The van der Waals surface area contributed by atoms with Crippen molar-refractivity contribution in [3.63, 3.8) is 0 Å². The highest BCUT2D eigenvalue weighted by atomic mass is 16.5. The number of ether oxygens (including phenoxy) is 3. The minimum Gasteiger partial charge on any atom is -0.494 e. The van der Waals surface area contributed by atoms with E-state index in [1.54, 1.807) is 27.4 Å². The second-order valence-electron chi connectivity index (χ2n) is 6.30. The van der Waals surface area contributed by atoms with Gasteiger partial charge in [0.05, 0.1) is 21.3 Å². The van der Waals surface area contributed by atoms with Crippen LogP contribution in [0.4, 0.5) is 5.95 Å². The Bertz CT molecular complexity index is 1010. The van der Waals surface area contributed by atoms with Gasteiger partial charge >= 0.3 is 0 Å². The van der Waals surface area contributed by atoms with Gasteiger partial charge in [-0.3, -0.25) is 10.1 Å². The molecular formula is C19H20N4O4. The summed E-state index contributed by atoms with van der Waals surface area (Å²) in [5.41, 5.74) is 2.92. The first-order chi connectivity index (χ1) is 13.1. The summed E-state index contributed by atoms with van der Waals surface area (Å²) in [6.07, 6.45) is 1.85. The van der Waals surface area contributed by atoms with Gasteiger partial charge in [-0.1, -0.05) is 0 Å². The number of H-pyrrole nitrogens is 1. The summed E-state index contributed by atoms with van der Waals surface area (Å²) in [4.78, 5) is 24.2. The van der Waals surface area contributed by atoms with E-state index in [9.17, 15) is 4.79 Å². The number of nitrogens with one attached hydrogen (secondary N) is 2. The molecule has 2 heterocycles. The Hall–Kier alpha value is -3.29. The maximum absolute atomic E-state index is 12.1. The Labute approximate surface area is 155 Å². The van der Waals surface area contributed by atoms with Crippen molar-refractivity contribution >= 4 is 22.9 Å². The number of benzene rings is 1. The van der Waals surface area contributed by atoms with Crippen LogP contribution in [-0.2, 0) is 4.79 Å². The highest BCUT2D eigenvalue weighted by Crippen LogP contribution is 2.38. The van der Waals surface area contributed by atoms with Gasteiger partial charge in [0.15, 0.2) is 0 Å². The third-order valence-corrected chi connectivity index (χ3v) is 4.54. The molecule has 1 amide bonds. The van der Waals surface area contributed by atoms with E-state index in [2.05, 4.69) is 20.3 Å². The summed E-state index contributed by atoms with van der Waals surface area (Å²) < 4.78 is 16.0. The van der Waals surface area contributed by atoms with E-state index in [1.807, 2.05) is 18.2 Å². The van der Waals surface area contributed by atoms with Crippen LogP contribution in [-0.4, -0.2) is 42.2 Å². The summed E-state index contributed by atoms with van der Waals surface area (Å²) in [5, 5.41) is 2.84. The van der Waals surface area contributed by atoms with Crippen LogP contribution < -0.4 is 19.5 Å². The fourth-order valence-corrected chi connectivity index (χ4v) is 2.98. The lowest BCUT2D eigenvalue weighted by molar-refractivity contribution is -0.117. The van der Waals surface area contributed by atoms with Crippen molar-refractivity contribution in [3.8, 4) is 28.6 Å². The van der Waals surface area contributed by atoms with E-state index in [4.69, 9.17) is 14.2 Å². The number of methoxy groups -OCH3 is 3. The Balaban J connectivity index is 1.83. The molecule has 0 aliphatic heterocycles. The zero-order valence-corrected chi connectivity index (χ0v) is 15.3. The number of carbonyl (C=O) groups excluding carboxylic acids is 1. The lowest BCUT2D eigenvalue weighted by Gasteiger charge is -2.10. The van der Waals surface area contributed by atoms with Gasteiger partial charge in [-0.2, -0.15) is 4.98 Å². The average molecular weight is 368 g/mol. The van der Waals surface area contributed by atoms with Crippen molar-refractivity contribution < 1.29 is 19.0 Å². The van der Waals surface area contributed by atoms with E-state index >= 15 is 0 Å². The smallest absolute Gasteiger partial charge is 0.229 e. The molecule has 1 aliphatic rings. The summed E-state index contributed by atoms with van der Waals surface area (Å²) in [7, 11) is 4.70. The minimum absolute atomic E-state index is 0.0155. The fraction of sp³-hybridized carbons (Fsp3) is 0.316. The van der Waals surface area contributed by atoms with Crippen molar-refractivity contribution in [1.82, 2.24) is 15.0 Å².